The van der Waals surface area contributed by atoms with Crippen molar-refractivity contribution in [2.45, 2.75) is 25.9 Å². The predicted molar refractivity (Wildman–Crippen MR) is 84.1 cm³/mol. The van der Waals surface area contributed by atoms with Crippen LogP contribution >= 0.6 is 11.8 Å². The standard InChI is InChI=1S/C14H24N4O2S/c1-11-9-12(20-16-11)10-17-4-6-18(7-5-17)14(19)13(15)3-8-21-2/h9,13H,3-8,10,15H2,1-2H3/t13-/m1/s1. The Morgan fingerprint density at radius 3 is 2.76 bits per heavy atom. The molecule has 1 atom stereocenters. The molecule has 0 unspecified atom stereocenters. The lowest BCUT2D eigenvalue weighted by atomic mass is 10.2. The molecule has 1 aromatic rings. The van der Waals surface area contributed by atoms with Gasteiger partial charge in [0.15, 0.2) is 5.76 Å². The monoisotopic (exact) mass is 312 g/mol. The molecule has 21 heavy (non-hydrogen) atoms. The largest absolute Gasteiger partial charge is 0.360 e. The summed E-state index contributed by atoms with van der Waals surface area (Å²) in [6, 6.07) is 1.59. The summed E-state index contributed by atoms with van der Waals surface area (Å²) in [4.78, 5) is 16.4. The smallest absolute Gasteiger partial charge is 0.239 e. The van der Waals surface area contributed by atoms with E-state index in [0.29, 0.717) is 0 Å². The Bertz CT molecular complexity index is 458. The molecule has 1 aliphatic rings. The van der Waals surface area contributed by atoms with Gasteiger partial charge in [-0.1, -0.05) is 5.16 Å². The average Bonchev–Trinajstić information content (AvgIpc) is 2.90. The summed E-state index contributed by atoms with van der Waals surface area (Å²) in [5.41, 5.74) is 6.86. The SMILES string of the molecule is CSCC[C@@H](N)C(=O)N1CCN(Cc2cc(C)no2)CC1. The highest BCUT2D eigenvalue weighted by molar-refractivity contribution is 7.98. The Morgan fingerprint density at radius 1 is 1.48 bits per heavy atom. The fourth-order valence-electron chi connectivity index (χ4n) is 2.44. The van der Waals surface area contributed by atoms with Crippen LogP contribution in [0.25, 0.3) is 0 Å². The highest BCUT2D eigenvalue weighted by atomic mass is 32.2. The summed E-state index contributed by atoms with van der Waals surface area (Å²) in [7, 11) is 0. The molecule has 0 aromatic carbocycles. The number of carbonyl (C=O) groups excluding carboxylic acids is 1. The first-order valence-corrected chi connectivity index (χ1v) is 8.67. The number of nitrogens with two attached hydrogens (primary N) is 1. The van der Waals surface area contributed by atoms with E-state index < -0.39 is 0 Å². The van der Waals surface area contributed by atoms with Crippen molar-refractivity contribution in [2.24, 2.45) is 5.73 Å². The molecule has 1 aromatic heterocycles. The van der Waals surface area contributed by atoms with Gasteiger partial charge in [-0.05, 0) is 25.4 Å². The lowest BCUT2D eigenvalue weighted by molar-refractivity contribution is -0.134. The van der Waals surface area contributed by atoms with Crippen molar-refractivity contribution in [3.05, 3.63) is 17.5 Å². The molecule has 0 saturated carbocycles. The Balaban J connectivity index is 1.76. The summed E-state index contributed by atoms with van der Waals surface area (Å²) in [5, 5.41) is 3.89. The van der Waals surface area contributed by atoms with Gasteiger partial charge in [-0.25, -0.2) is 0 Å². The van der Waals surface area contributed by atoms with Crippen LogP contribution < -0.4 is 5.73 Å². The van der Waals surface area contributed by atoms with Crippen LogP contribution in [0.2, 0.25) is 0 Å². The molecule has 2 N–H and O–H groups in total. The fourth-order valence-corrected chi connectivity index (χ4v) is 2.93. The quantitative estimate of drug-likeness (QED) is 0.834. The summed E-state index contributed by atoms with van der Waals surface area (Å²) < 4.78 is 5.23. The van der Waals surface area contributed by atoms with Gasteiger partial charge < -0.3 is 15.2 Å². The van der Waals surface area contributed by atoms with E-state index >= 15 is 0 Å². The minimum absolute atomic E-state index is 0.0826. The van der Waals surface area contributed by atoms with Gasteiger partial charge in [0.2, 0.25) is 5.91 Å². The van der Waals surface area contributed by atoms with Crippen molar-refractivity contribution in [1.82, 2.24) is 15.0 Å². The molecule has 2 rings (SSSR count). The Morgan fingerprint density at radius 2 is 2.19 bits per heavy atom. The van der Waals surface area contributed by atoms with Crippen molar-refractivity contribution in [2.75, 3.05) is 38.2 Å². The number of nitrogens with zero attached hydrogens (tertiary/aromatic N) is 3. The lowest BCUT2D eigenvalue weighted by Gasteiger charge is -2.35. The molecule has 6 nitrogen and oxygen atoms in total. The summed E-state index contributed by atoms with van der Waals surface area (Å²) in [6.07, 6.45) is 2.78. The third-order valence-electron chi connectivity index (χ3n) is 3.69. The summed E-state index contributed by atoms with van der Waals surface area (Å²) >= 11 is 1.72. The van der Waals surface area contributed by atoms with Crippen LogP contribution in [0.5, 0.6) is 0 Å². The lowest BCUT2D eigenvalue weighted by Crippen LogP contribution is -2.53. The third-order valence-corrected chi connectivity index (χ3v) is 4.33. The summed E-state index contributed by atoms with van der Waals surface area (Å²) in [6.45, 7) is 5.83. The third kappa shape index (κ3) is 4.72. The minimum Gasteiger partial charge on any atom is -0.360 e. The number of aryl methyl sites for hydroxylation is 1. The van der Waals surface area contributed by atoms with Crippen LogP contribution in [0.4, 0.5) is 0 Å². The van der Waals surface area contributed by atoms with E-state index in [-0.39, 0.29) is 11.9 Å². The van der Waals surface area contributed by atoms with Gasteiger partial charge in [-0.3, -0.25) is 9.69 Å². The number of hydrogen-bond acceptors (Lipinski definition) is 6. The van der Waals surface area contributed by atoms with Crippen LogP contribution in [0.1, 0.15) is 17.9 Å². The number of hydrogen-bond donors (Lipinski definition) is 1. The number of carbonyl (C=O) groups is 1. The van der Waals surface area contributed by atoms with Gasteiger partial charge in [0, 0.05) is 32.2 Å². The maximum atomic E-state index is 12.2. The molecule has 0 spiro atoms. The predicted octanol–water partition coefficient (Wildman–Crippen LogP) is 0.708. The van der Waals surface area contributed by atoms with Crippen LogP contribution in [-0.4, -0.2) is 65.1 Å². The Labute approximate surface area is 130 Å². The molecule has 1 fully saturated rings. The zero-order valence-electron chi connectivity index (χ0n) is 12.7. The maximum Gasteiger partial charge on any atom is 0.239 e. The zero-order chi connectivity index (χ0) is 15.2. The van der Waals surface area contributed by atoms with E-state index in [1.165, 1.54) is 0 Å². The van der Waals surface area contributed by atoms with E-state index in [1.54, 1.807) is 11.8 Å². The van der Waals surface area contributed by atoms with Gasteiger partial charge in [-0.15, -0.1) is 0 Å². The molecule has 1 aliphatic heterocycles. The number of thioether (sulfide) groups is 1. The zero-order valence-corrected chi connectivity index (χ0v) is 13.6. The van der Waals surface area contributed by atoms with Crippen molar-refractivity contribution >= 4 is 17.7 Å². The molecule has 0 aliphatic carbocycles. The van der Waals surface area contributed by atoms with E-state index in [1.807, 2.05) is 24.1 Å². The molecule has 1 amide bonds. The first-order valence-electron chi connectivity index (χ1n) is 7.28. The number of amides is 1. The van der Waals surface area contributed by atoms with Gasteiger partial charge in [0.05, 0.1) is 18.3 Å². The van der Waals surface area contributed by atoms with E-state index in [4.69, 9.17) is 10.3 Å². The van der Waals surface area contributed by atoms with Crippen molar-refractivity contribution in [3.8, 4) is 0 Å². The average molecular weight is 312 g/mol. The van der Waals surface area contributed by atoms with Crippen molar-refractivity contribution in [3.63, 3.8) is 0 Å². The van der Waals surface area contributed by atoms with Crippen LogP contribution in [-0.2, 0) is 11.3 Å². The van der Waals surface area contributed by atoms with Crippen LogP contribution in [0, 0.1) is 6.92 Å². The molecule has 0 bridgehead atoms. The highest BCUT2D eigenvalue weighted by Gasteiger charge is 2.25. The summed E-state index contributed by atoms with van der Waals surface area (Å²) in [5.74, 6) is 1.89. The second-order valence-electron chi connectivity index (χ2n) is 5.42. The fraction of sp³-hybridized carbons (Fsp3) is 0.714. The Hall–Kier alpha value is -1.05. The molecule has 0 radical (unpaired) electrons. The second kappa shape index (κ2) is 7.82. The van der Waals surface area contributed by atoms with E-state index in [0.717, 1.165) is 56.4 Å². The Kier molecular flexibility index (Phi) is 6.08. The van der Waals surface area contributed by atoms with Crippen molar-refractivity contribution < 1.29 is 9.32 Å². The minimum atomic E-state index is -0.360. The maximum absolute atomic E-state index is 12.2. The molecule has 118 valence electrons. The van der Waals surface area contributed by atoms with E-state index in [9.17, 15) is 4.79 Å². The second-order valence-corrected chi connectivity index (χ2v) is 6.41. The topological polar surface area (TPSA) is 75.6 Å². The molecule has 2 heterocycles. The number of aromatic nitrogens is 1. The molecular formula is C14H24N4O2S. The van der Waals surface area contributed by atoms with Gasteiger partial charge in [0.25, 0.3) is 0 Å². The molecule has 1 saturated heterocycles. The van der Waals surface area contributed by atoms with Crippen LogP contribution in [0.15, 0.2) is 10.6 Å². The molecule has 7 heteroatoms. The van der Waals surface area contributed by atoms with Crippen LogP contribution in [0.3, 0.4) is 0 Å². The first-order chi connectivity index (χ1) is 10.1. The van der Waals surface area contributed by atoms with Crippen molar-refractivity contribution in [1.29, 1.82) is 0 Å². The first kappa shape index (κ1) is 16.3. The van der Waals surface area contributed by atoms with E-state index in [2.05, 4.69) is 10.1 Å². The van der Waals surface area contributed by atoms with Gasteiger partial charge >= 0.3 is 0 Å². The van der Waals surface area contributed by atoms with Gasteiger partial charge in [-0.2, -0.15) is 11.8 Å². The van der Waals surface area contributed by atoms with Gasteiger partial charge in [0.1, 0.15) is 0 Å². The molecular weight excluding hydrogens is 288 g/mol. The number of rotatable bonds is 6. The number of piperazine rings is 1. The normalized spacial score (nSPS) is 18.0. The highest BCUT2D eigenvalue weighted by Crippen LogP contribution is 2.11.